The standard InChI is InChI=1S/C12H16N4O/c1-17-12-15-5-8(6-16-12)10-7-14-11-9(10)3-2-4-13-11/h2-5,10-11,13-14H,6-7H2,1H3,(H,15,16). The summed E-state index contributed by atoms with van der Waals surface area (Å²) >= 11 is 0. The van der Waals surface area contributed by atoms with E-state index in [4.69, 9.17) is 4.74 Å². The Hall–Kier alpha value is -1.75. The van der Waals surface area contributed by atoms with Crippen LogP contribution in [0, 0.1) is 5.92 Å². The van der Waals surface area contributed by atoms with Crippen molar-refractivity contribution in [1.29, 1.82) is 0 Å². The van der Waals surface area contributed by atoms with Gasteiger partial charge in [0.05, 0.1) is 19.8 Å². The SMILES string of the molecule is COC1=NCC(C2CNC3NC=CC=C32)=CN1. The molecule has 0 aromatic rings. The fourth-order valence-corrected chi connectivity index (χ4v) is 2.44. The van der Waals surface area contributed by atoms with E-state index in [1.54, 1.807) is 7.11 Å². The fraction of sp³-hybridized carbons (Fsp3) is 0.417. The Kier molecular flexibility index (Phi) is 2.60. The summed E-state index contributed by atoms with van der Waals surface area (Å²) in [5.41, 5.74) is 2.68. The van der Waals surface area contributed by atoms with Crippen LogP contribution in [0.15, 0.2) is 40.7 Å². The number of rotatable bonds is 1. The number of nitrogens with one attached hydrogen (secondary N) is 3. The van der Waals surface area contributed by atoms with Crippen LogP contribution in [0.4, 0.5) is 0 Å². The number of amidine groups is 1. The molecule has 0 amide bonds. The number of hydrogen-bond acceptors (Lipinski definition) is 5. The molecule has 0 radical (unpaired) electrons. The second kappa shape index (κ2) is 4.25. The summed E-state index contributed by atoms with van der Waals surface area (Å²) in [4.78, 5) is 4.33. The smallest absolute Gasteiger partial charge is 0.288 e. The monoisotopic (exact) mass is 232 g/mol. The van der Waals surface area contributed by atoms with Gasteiger partial charge in [-0.15, -0.1) is 0 Å². The topological polar surface area (TPSA) is 57.7 Å². The van der Waals surface area contributed by atoms with Gasteiger partial charge in [0.2, 0.25) is 0 Å². The molecule has 1 fully saturated rings. The molecule has 3 aliphatic heterocycles. The normalized spacial score (nSPS) is 30.5. The van der Waals surface area contributed by atoms with Gasteiger partial charge in [0.25, 0.3) is 6.02 Å². The lowest BCUT2D eigenvalue weighted by Gasteiger charge is -2.22. The zero-order chi connectivity index (χ0) is 11.7. The lowest BCUT2D eigenvalue weighted by atomic mass is 9.91. The maximum absolute atomic E-state index is 5.05. The van der Waals surface area contributed by atoms with Crippen LogP contribution >= 0.6 is 0 Å². The van der Waals surface area contributed by atoms with Gasteiger partial charge in [-0.3, -0.25) is 5.32 Å². The molecule has 90 valence electrons. The molecule has 17 heavy (non-hydrogen) atoms. The van der Waals surface area contributed by atoms with E-state index in [1.165, 1.54) is 11.1 Å². The van der Waals surface area contributed by atoms with Crippen LogP contribution in [0.1, 0.15) is 0 Å². The highest BCUT2D eigenvalue weighted by Gasteiger charge is 2.32. The minimum absolute atomic E-state index is 0.277. The van der Waals surface area contributed by atoms with E-state index in [1.807, 2.05) is 18.5 Å². The molecule has 0 aromatic carbocycles. The number of dihydropyridines is 1. The van der Waals surface area contributed by atoms with Gasteiger partial charge in [0, 0.05) is 18.7 Å². The largest absolute Gasteiger partial charge is 0.468 e. The molecule has 3 heterocycles. The first-order valence-electron chi connectivity index (χ1n) is 5.78. The van der Waals surface area contributed by atoms with Crippen molar-refractivity contribution < 1.29 is 4.74 Å². The molecule has 2 atom stereocenters. The Morgan fingerprint density at radius 3 is 3.18 bits per heavy atom. The van der Waals surface area contributed by atoms with Crippen molar-refractivity contribution in [1.82, 2.24) is 16.0 Å². The molecular weight excluding hydrogens is 216 g/mol. The maximum Gasteiger partial charge on any atom is 0.288 e. The van der Waals surface area contributed by atoms with Crippen LogP contribution in [0.2, 0.25) is 0 Å². The molecule has 2 unspecified atom stereocenters. The number of aliphatic imine (C=N–C) groups is 1. The summed E-state index contributed by atoms with van der Waals surface area (Å²) in [6.07, 6.45) is 8.49. The van der Waals surface area contributed by atoms with Crippen LogP contribution in [-0.2, 0) is 4.74 Å². The molecule has 1 saturated heterocycles. The quantitative estimate of drug-likeness (QED) is 0.598. The Morgan fingerprint density at radius 1 is 1.47 bits per heavy atom. The van der Waals surface area contributed by atoms with Gasteiger partial charge in [-0.1, -0.05) is 6.08 Å². The summed E-state index contributed by atoms with van der Waals surface area (Å²) in [7, 11) is 1.62. The third-order valence-electron chi connectivity index (χ3n) is 3.34. The minimum Gasteiger partial charge on any atom is -0.468 e. The van der Waals surface area contributed by atoms with Crippen LogP contribution in [0.3, 0.4) is 0 Å². The Balaban J connectivity index is 1.76. The van der Waals surface area contributed by atoms with E-state index < -0.39 is 0 Å². The third kappa shape index (κ3) is 1.82. The summed E-state index contributed by atoms with van der Waals surface area (Å²) < 4.78 is 5.05. The maximum atomic E-state index is 5.05. The molecule has 5 heteroatoms. The van der Waals surface area contributed by atoms with Crippen molar-refractivity contribution in [3.05, 3.63) is 35.7 Å². The fourth-order valence-electron chi connectivity index (χ4n) is 2.44. The summed E-state index contributed by atoms with van der Waals surface area (Å²) in [6.45, 7) is 1.66. The van der Waals surface area contributed by atoms with Crippen molar-refractivity contribution in [3.63, 3.8) is 0 Å². The zero-order valence-corrected chi connectivity index (χ0v) is 9.73. The van der Waals surface area contributed by atoms with Gasteiger partial charge < -0.3 is 15.4 Å². The Labute approximate surface area is 100 Å². The van der Waals surface area contributed by atoms with E-state index in [-0.39, 0.29) is 6.17 Å². The molecule has 3 rings (SSSR count). The van der Waals surface area contributed by atoms with Crippen LogP contribution < -0.4 is 16.0 Å². The highest BCUT2D eigenvalue weighted by Crippen LogP contribution is 2.29. The van der Waals surface area contributed by atoms with E-state index >= 15 is 0 Å². The van der Waals surface area contributed by atoms with E-state index in [0.717, 1.165) is 6.54 Å². The Morgan fingerprint density at radius 2 is 2.41 bits per heavy atom. The molecule has 3 N–H and O–H groups in total. The zero-order valence-electron chi connectivity index (χ0n) is 9.73. The lowest BCUT2D eigenvalue weighted by molar-refractivity contribution is 0.383. The van der Waals surface area contributed by atoms with Crippen LogP contribution in [-0.4, -0.2) is 32.4 Å². The molecule has 0 saturated carbocycles. The molecule has 0 bridgehead atoms. The van der Waals surface area contributed by atoms with Crippen molar-refractivity contribution in [2.45, 2.75) is 6.17 Å². The number of nitrogens with zero attached hydrogens (tertiary/aromatic N) is 1. The summed E-state index contributed by atoms with van der Waals surface area (Å²) in [5, 5.41) is 9.82. The van der Waals surface area contributed by atoms with Gasteiger partial charge in [-0.25, -0.2) is 4.99 Å². The van der Waals surface area contributed by atoms with Crippen LogP contribution in [0.5, 0.6) is 0 Å². The second-order valence-corrected chi connectivity index (χ2v) is 4.28. The first-order chi connectivity index (χ1) is 8.38. The number of fused-ring (bicyclic) bond motifs is 1. The highest BCUT2D eigenvalue weighted by atomic mass is 16.5. The third-order valence-corrected chi connectivity index (χ3v) is 3.34. The highest BCUT2D eigenvalue weighted by molar-refractivity contribution is 5.75. The van der Waals surface area contributed by atoms with Gasteiger partial charge >= 0.3 is 0 Å². The van der Waals surface area contributed by atoms with E-state index in [9.17, 15) is 0 Å². The van der Waals surface area contributed by atoms with Gasteiger partial charge in [-0.2, -0.15) is 0 Å². The molecule has 0 aromatic heterocycles. The molecule has 0 spiro atoms. The summed E-state index contributed by atoms with van der Waals surface area (Å²) in [5.74, 6) is 0.423. The van der Waals surface area contributed by atoms with Crippen molar-refractivity contribution >= 4 is 6.02 Å². The van der Waals surface area contributed by atoms with Gasteiger partial charge in [0.15, 0.2) is 0 Å². The van der Waals surface area contributed by atoms with Gasteiger partial charge in [-0.05, 0) is 23.4 Å². The van der Waals surface area contributed by atoms with Gasteiger partial charge in [0.1, 0.15) is 0 Å². The predicted molar refractivity (Wildman–Crippen MR) is 66.2 cm³/mol. The number of allylic oxidation sites excluding steroid dienone is 2. The van der Waals surface area contributed by atoms with Crippen molar-refractivity contribution in [2.24, 2.45) is 10.9 Å². The molecule has 3 aliphatic rings. The molecule has 0 aliphatic carbocycles. The molecule has 5 nitrogen and oxygen atoms in total. The number of ether oxygens (including phenoxy) is 1. The average Bonchev–Trinajstić information content (AvgIpc) is 2.83. The minimum atomic E-state index is 0.277. The van der Waals surface area contributed by atoms with E-state index in [0.29, 0.717) is 18.5 Å². The number of methoxy groups -OCH3 is 1. The average molecular weight is 232 g/mol. The predicted octanol–water partition coefficient (Wildman–Crippen LogP) is 0.0647. The lowest BCUT2D eigenvalue weighted by Crippen LogP contribution is -2.36. The van der Waals surface area contributed by atoms with E-state index in [2.05, 4.69) is 27.0 Å². The second-order valence-electron chi connectivity index (χ2n) is 4.28. The van der Waals surface area contributed by atoms with Crippen molar-refractivity contribution in [2.75, 3.05) is 20.2 Å². The molecular formula is C12H16N4O. The Bertz CT molecular complexity index is 436. The first kappa shape index (κ1) is 10.4. The number of hydrogen-bond donors (Lipinski definition) is 3. The summed E-state index contributed by atoms with van der Waals surface area (Å²) in [6, 6.07) is 0.590. The van der Waals surface area contributed by atoms with Crippen molar-refractivity contribution in [3.8, 4) is 0 Å². The first-order valence-corrected chi connectivity index (χ1v) is 5.78. The van der Waals surface area contributed by atoms with Crippen LogP contribution in [0.25, 0.3) is 0 Å².